The van der Waals surface area contributed by atoms with E-state index in [-0.39, 0.29) is 0 Å². The molecule has 1 N–H and O–H groups in total. The Morgan fingerprint density at radius 1 is 1.47 bits per heavy atom. The Labute approximate surface area is 93.2 Å². The summed E-state index contributed by atoms with van der Waals surface area (Å²) in [6, 6.07) is 4.12. The van der Waals surface area contributed by atoms with Crippen LogP contribution in [-0.4, -0.2) is 11.5 Å². The normalized spacial score (nSPS) is 10.8. The summed E-state index contributed by atoms with van der Waals surface area (Å²) < 4.78 is 5.42. The summed E-state index contributed by atoms with van der Waals surface area (Å²) in [5, 5.41) is 3.22. The van der Waals surface area contributed by atoms with E-state index in [1.54, 1.807) is 17.6 Å². The predicted octanol–water partition coefficient (Wildman–Crippen LogP) is 2.82. The molecular weight excluding hydrogens is 208 g/mol. The van der Waals surface area contributed by atoms with E-state index < -0.39 is 0 Å². The molecule has 0 saturated carbocycles. The molecule has 80 valence electrons. The first-order chi connectivity index (χ1) is 7.29. The topological polar surface area (TPSA) is 38.1 Å². The summed E-state index contributed by atoms with van der Waals surface area (Å²) in [6.07, 6.45) is 1.72. The zero-order chi connectivity index (χ0) is 10.7. The number of thiophene rings is 1. The number of hydrogen-bond donors (Lipinski definition) is 1. The van der Waals surface area contributed by atoms with Crippen LogP contribution in [0.15, 0.2) is 22.8 Å². The van der Waals surface area contributed by atoms with Gasteiger partial charge in [0.2, 0.25) is 5.89 Å². The third-order valence-corrected chi connectivity index (χ3v) is 3.05. The minimum Gasteiger partial charge on any atom is -0.444 e. The fourth-order valence-corrected chi connectivity index (χ4v) is 2.10. The fraction of sp³-hybridized carbons (Fsp3) is 0.364. The summed E-state index contributed by atoms with van der Waals surface area (Å²) >= 11 is 1.70. The number of aromatic nitrogens is 1. The molecule has 0 fully saturated rings. The minimum absolute atomic E-state index is 0.723. The highest BCUT2D eigenvalue weighted by Gasteiger charge is 2.07. The van der Waals surface area contributed by atoms with E-state index in [0.717, 1.165) is 29.6 Å². The van der Waals surface area contributed by atoms with Crippen molar-refractivity contribution in [1.29, 1.82) is 0 Å². The number of aryl methyl sites for hydroxylation is 1. The van der Waals surface area contributed by atoms with Crippen molar-refractivity contribution >= 4 is 11.3 Å². The van der Waals surface area contributed by atoms with E-state index in [1.165, 1.54) is 4.88 Å². The van der Waals surface area contributed by atoms with Crippen LogP contribution in [0.25, 0.3) is 10.8 Å². The van der Waals surface area contributed by atoms with Gasteiger partial charge >= 0.3 is 0 Å². The monoisotopic (exact) mass is 222 g/mol. The second-order valence-electron chi connectivity index (χ2n) is 3.33. The van der Waals surface area contributed by atoms with E-state index in [4.69, 9.17) is 4.42 Å². The lowest BCUT2D eigenvalue weighted by atomic mass is 10.4. The predicted molar refractivity (Wildman–Crippen MR) is 61.9 cm³/mol. The molecule has 2 heterocycles. The average Bonchev–Trinajstić information content (AvgIpc) is 2.83. The van der Waals surface area contributed by atoms with Crippen molar-refractivity contribution in [2.24, 2.45) is 0 Å². The number of hydrogen-bond acceptors (Lipinski definition) is 4. The SMILES string of the molecule is CCNCc1coc(-c2ccc(C)s2)n1. The molecule has 2 aromatic rings. The summed E-state index contributed by atoms with van der Waals surface area (Å²) in [6.45, 7) is 5.87. The number of nitrogens with zero attached hydrogens (tertiary/aromatic N) is 1. The standard InChI is InChI=1S/C11H14N2OS/c1-3-12-6-9-7-14-11(13-9)10-5-4-8(2)15-10/h4-5,7,12H,3,6H2,1-2H3. The molecule has 0 atom stereocenters. The van der Waals surface area contributed by atoms with Gasteiger partial charge in [-0.15, -0.1) is 11.3 Å². The Morgan fingerprint density at radius 2 is 2.33 bits per heavy atom. The lowest BCUT2D eigenvalue weighted by Gasteiger charge is -1.93. The third kappa shape index (κ3) is 2.46. The molecule has 0 spiro atoms. The summed E-state index contributed by atoms with van der Waals surface area (Å²) in [7, 11) is 0. The first-order valence-corrected chi connectivity index (χ1v) is 5.83. The van der Waals surface area contributed by atoms with Crippen LogP contribution in [0.4, 0.5) is 0 Å². The van der Waals surface area contributed by atoms with Gasteiger partial charge in [0.1, 0.15) is 6.26 Å². The van der Waals surface area contributed by atoms with Crippen LogP contribution in [0.1, 0.15) is 17.5 Å². The fourth-order valence-electron chi connectivity index (χ4n) is 1.30. The average molecular weight is 222 g/mol. The van der Waals surface area contributed by atoms with Gasteiger partial charge in [0.05, 0.1) is 10.6 Å². The molecule has 0 aromatic carbocycles. The Bertz CT molecular complexity index is 433. The van der Waals surface area contributed by atoms with E-state index in [2.05, 4.69) is 30.2 Å². The van der Waals surface area contributed by atoms with Crippen molar-refractivity contribution in [1.82, 2.24) is 10.3 Å². The van der Waals surface area contributed by atoms with Crippen LogP contribution < -0.4 is 5.32 Å². The second-order valence-corrected chi connectivity index (χ2v) is 4.62. The van der Waals surface area contributed by atoms with Crippen LogP contribution in [0.3, 0.4) is 0 Å². The smallest absolute Gasteiger partial charge is 0.236 e. The first-order valence-electron chi connectivity index (χ1n) is 5.01. The lowest BCUT2D eigenvalue weighted by Crippen LogP contribution is -2.11. The molecule has 4 heteroatoms. The zero-order valence-corrected chi connectivity index (χ0v) is 9.73. The van der Waals surface area contributed by atoms with Crippen molar-refractivity contribution in [2.45, 2.75) is 20.4 Å². The van der Waals surface area contributed by atoms with Crippen molar-refractivity contribution in [3.8, 4) is 10.8 Å². The Morgan fingerprint density at radius 3 is 3.00 bits per heavy atom. The first kappa shape index (κ1) is 10.4. The van der Waals surface area contributed by atoms with Crippen molar-refractivity contribution in [3.63, 3.8) is 0 Å². The Kier molecular flexibility index (Phi) is 3.18. The van der Waals surface area contributed by atoms with E-state index in [9.17, 15) is 0 Å². The van der Waals surface area contributed by atoms with Gasteiger partial charge in [0.25, 0.3) is 0 Å². The second kappa shape index (κ2) is 4.59. The molecule has 0 aliphatic heterocycles. The molecule has 0 radical (unpaired) electrons. The van der Waals surface area contributed by atoms with Crippen molar-refractivity contribution < 1.29 is 4.42 Å². The Balaban J connectivity index is 2.13. The molecule has 3 nitrogen and oxygen atoms in total. The molecule has 2 aromatic heterocycles. The molecule has 0 bridgehead atoms. The highest BCUT2D eigenvalue weighted by molar-refractivity contribution is 7.15. The molecule has 0 amide bonds. The zero-order valence-electron chi connectivity index (χ0n) is 8.91. The van der Waals surface area contributed by atoms with Crippen molar-refractivity contribution in [3.05, 3.63) is 29.0 Å². The number of nitrogens with one attached hydrogen (secondary N) is 1. The molecular formula is C11H14N2OS. The van der Waals surface area contributed by atoms with E-state index in [1.807, 2.05) is 6.07 Å². The van der Waals surface area contributed by atoms with Crippen molar-refractivity contribution in [2.75, 3.05) is 6.54 Å². The van der Waals surface area contributed by atoms with Crippen LogP contribution in [0.5, 0.6) is 0 Å². The quantitative estimate of drug-likeness (QED) is 0.864. The van der Waals surface area contributed by atoms with Gasteiger partial charge < -0.3 is 9.73 Å². The lowest BCUT2D eigenvalue weighted by molar-refractivity contribution is 0.572. The minimum atomic E-state index is 0.723. The molecule has 0 aliphatic carbocycles. The maximum Gasteiger partial charge on any atom is 0.236 e. The maximum atomic E-state index is 5.42. The van der Waals surface area contributed by atoms with Gasteiger partial charge in [-0.3, -0.25) is 0 Å². The Hall–Kier alpha value is -1.13. The van der Waals surface area contributed by atoms with Gasteiger partial charge in [0, 0.05) is 11.4 Å². The third-order valence-electron chi connectivity index (χ3n) is 2.06. The summed E-state index contributed by atoms with van der Waals surface area (Å²) in [4.78, 5) is 6.78. The molecule has 0 unspecified atom stereocenters. The van der Waals surface area contributed by atoms with Crippen LogP contribution >= 0.6 is 11.3 Å². The van der Waals surface area contributed by atoms with Crippen LogP contribution in [-0.2, 0) is 6.54 Å². The highest BCUT2D eigenvalue weighted by atomic mass is 32.1. The van der Waals surface area contributed by atoms with Gasteiger partial charge in [0.15, 0.2) is 0 Å². The van der Waals surface area contributed by atoms with Crippen LogP contribution in [0, 0.1) is 6.92 Å². The summed E-state index contributed by atoms with van der Waals surface area (Å²) in [5.41, 5.74) is 0.956. The molecule has 0 aliphatic rings. The van der Waals surface area contributed by atoms with Gasteiger partial charge in [-0.2, -0.15) is 0 Å². The van der Waals surface area contributed by atoms with E-state index in [0.29, 0.717) is 0 Å². The van der Waals surface area contributed by atoms with Gasteiger partial charge in [-0.05, 0) is 25.6 Å². The number of rotatable bonds is 4. The van der Waals surface area contributed by atoms with E-state index >= 15 is 0 Å². The molecule has 0 saturated heterocycles. The largest absolute Gasteiger partial charge is 0.444 e. The van der Waals surface area contributed by atoms with Gasteiger partial charge in [-0.25, -0.2) is 4.98 Å². The number of oxazole rings is 1. The van der Waals surface area contributed by atoms with Gasteiger partial charge in [-0.1, -0.05) is 6.92 Å². The highest BCUT2D eigenvalue weighted by Crippen LogP contribution is 2.26. The van der Waals surface area contributed by atoms with Crippen LogP contribution in [0.2, 0.25) is 0 Å². The maximum absolute atomic E-state index is 5.42. The summed E-state index contributed by atoms with van der Waals surface area (Å²) in [5.74, 6) is 0.723. The molecule has 15 heavy (non-hydrogen) atoms. The molecule has 2 rings (SSSR count).